The third-order valence-corrected chi connectivity index (χ3v) is 5.80. The van der Waals surface area contributed by atoms with Crippen LogP contribution >= 0.6 is 0 Å². The first-order valence-corrected chi connectivity index (χ1v) is 9.21. The predicted molar refractivity (Wildman–Crippen MR) is 110 cm³/mol. The van der Waals surface area contributed by atoms with Gasteiger partial charge in [0.25, 0.3) is 0 Å². The van der Waals surface area contributed by atoms with E-state index in [1.54, 1.807) is 0 Å². The Labute approximate surface area is 160 Å². The van der Waals surface area contributed by atoms with Gasteiger partial charge in [-0.1, -0.05) is 54.6 Å². The highest BCUT2D eigenvalue weighted by atomic mass is 16.7. The van der Waals surface area contributed by atoms with Crippen molar-refractivity contribution >= 4 is 23.4 Å². The molecule has 1 aliphatic heterocycles. The van der Waals surface area contributed by atoms with Gasteiger partial charge in [-0.2, -0.15) is 5.26 Å². The van der Waals surface area contributed by atoms with Crippen LogP contribution in [-0.4, -0.2) is 18.3 Å². The van der Waals surface area contributed by atoms with Crippen LogP contribution in [0.3, 0.4) is 0 Å². The van der Waals surface area contributed by atoms with Crippen molar-refractivity contribution in [3.8, 4) is 17.2 Å². The SMILES string of the molecule is CC1(C)OB(c2ccc(-c3ccccc3C#N)c3ccccc23)OC1(C)C. The summed E-state index contributed by atoms with van der Waals surface area (Å²) >= 11 is 0. The van der Waals surface area contributed by atoms with Crippen molar-refractivity contribution in [2.24, 2.45) is 0 Å². The van der Waals surface area contributed by atoms with Gasteiger partial charge in [0.2, 0.25) is 0 Å². The third-order valence-electron chi connectivity index (χ3n) is 5.80. The number of nitriles is 1. The van der Waals surface area contributed by atoms with Gasteiger partial charge in [0.15, 0.2) is 0 Å². The van der Waals surface area contributed by atoms with Gasteiger partial charge in [-0.3, -0.25) is 0 Å². The standard InChI is InChI=1S/C23H22BNO2/c1-22(2)23(3,4)27-24(26-22)21-14-13-19(18-11-7-8-12-20(18)21)17-10-6-5-9-16(17)15-25/h5-14H,1-4H3. The zero-order valence-electron chi connectivity index (χ0n) is 16.1. The molecule has 0 amide bonds. The lowest BCUT2D eigenvalue weighted by Crippen LogP contribution is -2.41. The van der Waals surface area contributed by atoms with Gasteiger partial charge in [0, 0.05) is 5.56 Å². The first-order chi connectivity index (χ1) is 12.8. The maximum atomic E-state index is 9.50. The Morgan fingerprint density at radius 3 is 2.00 bits per heavy atom. The highest BCUT2D eigenvalue weighted by molar-refractivity contribution is 6.65. The second-order valence-electron chi connectivity index (χ2n) is 7.99. The summed E-state index contributed by atoms with van der Waals surface area (Å²) in [5, 5.41) is 11.7. The molecule has 0 unspecified atom stereocenters. The average molecular weight is 355 g/mol. The molecule has 3 aromatic rings. The van der Waals surface area contributed by atoms with E-state index in [1.807, 2.05) is 36.4 Å². The molecule has 4 rings (SSSR count). The zero-order chi connectivity index (χ0) is 19.2. The van der Waals surface area contributed by atoms with Crippen molar-refractivity contribution in [2.45, 2.75) is 38.9 Å². The van der Waals surface area contributed by atoms with Crippen LogP contribution in [0.15, 0.2) is 60.7 Å². The number of rotatable bonds is 2. The van der Waals surface area contributed by atoms with E-state index in [0.717, 1.165) is 27.4 Å². The molecule has 3 aromatic carbocycles. The minimum atomic E-state index is -0.417. The summed E-state index contributed by atoms with van der Waals surface area (Å²) in [6.45, 7) is 8.25. The lowest BCUT2D eigenvalue weighted by molar-refractivity contribution is 0.00578. The first-order valence-electron chi connectivity index (χ1n) is 9.21. The lowest BCUT2D eigenvalue weighted by Gasteiger charge is -2.32. The van der Waals surface area contributed by atoms with Crippen molar-refractivity contribution < 1.29 is 9.31 Å². The third kappa shape index (κ3) is 2.84. The van der Waals surface area contributed by atoms with Crippen molar-refractivity contribution in [2.75, 3.05) is 0 Å². The van der Waals surface area contributed by atoms with Crippen LogP contribution in [0.5, 0.6) is 0 Å². The lowest BCUT2D eigenvalue weighted by atomic mass is 9.75. The van der Waals surface area contributed by atoms with E-state index in [-0.39, 0.29) is 11.2 Å². The largest absolute Gasteiger partial charge is 0.495 e. The average Bonchev–Trinajstić information content (AvgIpc) is 2.88. The van der Waals surface area contributed by atoms with Crippen LogP contribution in [0.1, 0.15) is 33.3 Å². The van der Waals surface area contributed by atoms with E-state index in [0.29, 0.717) is 5.56 Å². The van der Waals surface area contributed by atoms with E-state index < -0.39 is 7.12 Å². The van der Waals surface area contributed by atoms with E-state index in [1.165, 1.54) is 0 Å². The molecule has 1 aliphatic rings. The highest BCUT2D eigenvalue weighted by Crippen LogP contribution is 2.38. The monoisotopic (exact) mass is 355 g/mol. The fourth-order valence-electron chi connectivity index (χ4n) is 3.55. The van der Waals surface area contributed by atoms with E-state index in [2.05, 4.69) is 58.0 Å². The molecule has 0 atom stereocenters. The van der Waals surface area contributed by atoms with Gasteiger partial charge in [-0.25, -0.2) is 0 Å². The van der Waals surface area contributed by atoms with Gasteiger partial charge >= 0.3 is 7.12 Å². The van der Waals surface area contributed by atoms with Gasteiger partial charge in [-0.15, -0.1) is 0 Å². The molecule has 0 N–H and O–H groups in total. The molecular formula is C23H22BNO2. The molecule has 0 radical (unpaired) electrons. The fourth-order valence-corrected chi connectivity index (χ4v) is 3.55. The molecule has 1 heterocycles. The Kier molecular flexibility index (Phi) is 4.11. The van der Waals surface area contributed by atoms with Crippen LogP contribution in [0.25, 0.3) is 21.9 Å². The predicted octanol–water partition coefficient (Wildman–Crippen LogP) is 4.68. The first kappa shape index (κ1) is 17.8. The number of nitrogens with zero attached hydrogens (tertiary/aromatic N) is 1. The van der Waals surface area contributed by atoms with Crippen LogP contribution in [0.4, 0.5) is 0 Å². The quantitative estimate of drug-likeness (QED) is 0.627. The Hall–Kier alpha value is -2.61. The number of benzene rings is 3. The summed E-state index contributed by atoms with van der Waals surface area (Å²) in [6.07, 6.45) is 0. The maximum absolute atomic E-state index is 9.50. The summed E-state index contributed by atoms with van der Waals surface area (Å²) in [6, 6.07) is 22.4. The minimum Gasteiger partial charge on any atom is -0.399 e. The van der Waals surface area contributed by atoms with Crippen LogP contribution in [0, 0.1) is 11.3 Å². The summed E-state index contributed by atoms with van der Waals surface area (Å²) in [5.74, 6) is 0. The van der Waals surface area contributed by atoms with Gasteiger partial charge < -0.3 is 9.31 Å². The maximum Gasteiger partial charge on any atom is 0.495 e. The molecule has 0 aliphatic carbocycles. The number of hydrogen-bond acceptors (Lipinski definition) is 3. The smallest absolute Gasteiger partial charge is 0.399 e. The molecular weight excluding hydrogens is 333 g/mol. The minimum absolute atomic E-state index is 0.384. The molecule has 4 heteroatoms. The molecule has 0 saturated carbocycles. The highest BCUT2D eigenvalue weighted by Gasteiger charge is 2.52. The molecule has 3 nitrogen and oxygen atoms in total. The van der Waals surface area contributed by atoms with E-state index >= 15 is 0 Å². The summed E-state index contributed by atoms with van der Waals surface area (Å²) in [7, 11) is -0.417. The Balaban J connectivity index is 1.89. The molecule has 1 saturated heterocycles. The summed E-state index contributed by atoms with van der Waals surface area (Å²) in [4.78, 5) is 0. The van der Waals surface area contributed by atoms with E-state index in [9.17, 15) is 5.26 Å². The Morgan fingerprint density at radius 2 is 1.33 bits per heavy atom. The number of hydrogen-bond donors (Lipinski definition) is 0. The second-order valence-corrected chi connectivity index (χ2v) is 7.99. The molecule has 0 aromatic heterocycles. The van der Waals surface area contributed by atoms with Crippen molar-refractivity contribution in [1.82, 2.24) is 0 Å². The molecule has 134 valence electrons. The van der Waals surface area contributed by atoms with Crippen LogP contribution in [-0.2, 0) is 9.31 Å². The molecule has 0 bridgehead atoms. The van der Waals surface area contributed by atoms with Gasteiger partial charge in [0.05, 0.1) is 22.8 Å². The topological polar surface area (TPSA) is 42.2 Å². The van der Waals surface area contributed by atoms with Crippen molar-refractivity contribution in [1.29, 1.82) is 5.26 Å². The van der Waals surface area contributed by atoms with Crippen LogP contribution < -0.4 is 5.46 Å². The van der Waals surface area contributed by atoms with E-state index in [4.69, 9.17) is 9.31 Å². The molecule has 1 fully saturated rings. The Morgan fingerprint density at radius 1 is 0.741 bits per heavy atom. The molecule has 27 heavy (non-hydrogen) atoms. The number of fused-ring (bicyclic) bond motifs is 1. The Bertz CT molecular complexity index is 1050. The second kappa shape index (κ2) is 6.23. The van der Waals surface area contributed by atoms with Crippen LogP contribution in [0.2, 0.25) is 0 Å². The normalized spacial score (nSPS) is 17.8. The summed E-state index contributed by atoms with van der Waals surface area (Å²) in [5.41, 5.74) is 2.91. The van der Waals surface area contributed by atoms with Crippen molar-refractivity contribution in [3.63, 3.8) is 0 Å². The van der Waals surface area contributed by atoms with Crippen molar-refractivity contribution in [3.05, 3.63) is 66.2 Å². The van der Waals surface area contributed by atoms with Gasteiger partial charge in [0.1, 0.15) is 0 Å². The summed E-state index contributed by atoms with van der Waals surface area (Å²) < 4.78 is 12.5. The van der Waals surface area contributed by atoms with Gasteiger partial charge in [-0.05, 0) is 55.6 Å². The zero-order valence-corrected chi connectivity index (χ0v) is 16.1. The molecule has 0 spiro atoms. The fraction of sp³-hybridized carbons (Fsp3) is 0.261.